The van der Waals surface area contributed by atoms with E-state index in [0.29, 0.717) is 0 Å². The van der Waals surface area contributed by atoms with E-state index in [1.165, 1.54) is 19.3 Å². The van der Waals surface area contributed by atoms with E-state index in [4.69, 9.17) is 4.74 Å². The molecule has 0 aromatic rings. The minimum absolute atomic E-state index is 0.792. The molecule has 1 aliphatic carbocycles. The van der Waals surface area contributed by atoms with Gasteiger partial charge < -0.3 is 4.74 Å². The Morgan fingerprint density at radius 2 is 2.44 bits per heavy atom. The summed E-state index contributed by atoms with van der Waals surface area (Å²) in [6, 6.07) is 0. The lowest BCUT2D eigenvalue weighted by Gasteiger charge is -2.15. The summed E-state index contributed by atoms with van der Waals surface area (Å²) in [5, 5.41) is 0. The summed E-state index contributed by atoms with van der Waals surface area (Å²) in [7, 11) is 1.78. The minimum Gasteiger partial charge on any atom is -0.384 e. The largest absolute Gasteiger partial charge is 0.384 e. The molecule has 52 valence electrons. The summed E-state index contributed by atoms with van der Waals surface area (Å²) in [6.07, 6.45) is 8.28. The molecule has 0 amide bonds. The maximum atomic E-state index is 5.05. The Labute approximate surface area is 56.7 Å². The van der Waals surface area contributed by atoms with E-state index >= 15 is 0 Å². The molecule has 0 saturated heterocycles. The molecule has 0 radical (unpaired) electrons. The highest BCUT2D eigenvalue weighted by Gasteiger charge is 2.07. The van der Waals surface area contributed by atoms with E-state index in [1.54, 1.807) is 7.11 Å². The van der Waals surface area contributed by atoms with Crippen LogP contribution in [0, 0.1) is 5.92 Å². The van der Waals surface area contributed by atoms with Gasteiger partial charge in [-0.1, -0.05) is 12.2 Å². The standard InChI is InChI=1S/C8H14O/c1-9-7-8-5-3-2-4-6-8/h2-3,8H,4-7H2,1H3/t8-/m1/s1. The summed E-state index contributed by atoms with van der Waals surface area (Å²) in [4.78, 5) is 0. The molecule has 0 saturated carbocycles. The molecule has 1 nitrogen and oxygen atoms in total. The first kappa shape index (κ1) is 6.81. The molecule has 0 heterocycles. The average molecular weight is 126 g/mol. The van der Waals surface area contributed by atoms with E-state index in [-0.39, 0.29) is 0 Å². The van der Waals surface area contributed by atoms with Crippen LogP contribution in [0.25, 0.3) is 0 Å². The second-order valence-electron chi connectivity index (χ2n) is 2.61. The molecule has 1 rings (SSSR count). The number of rotatable bonds is 2. The molecule has 0 aliphatic heterocycles. The van der Waals surface area contributed by atoms with Crippen LogP contribution >= 0.6 is 0 Å². The molecule has 0 spiro atoms. The highest BCUT2D eigenvalue weighted by Crippen LogP contribution is 2.17. The van der Waals surface area contributed by atoms with Crippen molar-refractivity contribution >= 4 is 0 Å². The summed E-state index contributed by atoms with van der Waals surface area (Å²) in [6.45, 7) is 0.935. The maximum Gasteiger partial charge on any atom is 0.0493 e. The van der Waals surface area contributed by atoms with Gasteiger partial charge in [0.05, 0.1) is 0 Å². The highest BCUT2D eigenvalue weighted by atomic mass is 16.5. The molecular weight excluding hydrogens is 112 g/mol. The topological polar surface area (TPSA) is 9.23 Å². The molecular formula is C8H14O. The lowest BCUT2D eigenvalue weighted by Crippen LogP contribution is -2.08. The quantitative estimate of drug-likeness (QED) is 0.514. The van der Waals surface area contributed by atoms with Crippen molar-refractivity contribution in [2.75, 3.05) is 13.7 Å². The predicted molar refractivity (Wildman–Crippen MR) is 38.4 cm³/mol. The fourth-order valence-corrected chi connectivity index (χ4v) is 1.24. The average Bonchev–Trinajstić information content (AvgIpc) is 1.91. The fourth-order valence-electron chi connectivity index (χ4n) is 1.24. The summed E-state index contributed by atoms with van der Waals surface area (Å²) in [5.74, 6) is 0.792. The predicted octanol–water partition coefficient (Wildman–Crippen LogP) is 1.99. The molecule has 0 unspecified atom stereocenters. The molecule has 1 heteroatoms. The zero-order valence-electron chi connectivity index (χ0n) is 5.97. The number of ether oxygens (including phenoxy) is 1. The molecule has 0 fully saturated rings. The lowest BCUT2D eigenvalue weighted by atomic mass is 9.95. The van der Waals surface area contributed by atoms with Crippen LogP contribution in [0.4, 0.5) is 0 Å². The third kappa shape index (κ3) is 2.19. The van der Waals surface area contributed by atoms with Gasteiger partial charge >= 0.3 is 0 Å². The SMILES string of the molecule is COC[C@@H]1CC=CCC1. The zero-order chi connectivity index (χ0) is 6.53. The van der Waals surface area contributed by atoms with Crippen molar-refractivity contribution in [1.29, 1.82) is 0 Å². The summed E-state index contributed by atoms with van der Waals surface area (Å²) in [5.41, 5.74) is 0. The van der Waals surface area contributed by atoms with Crippen molar-refractivity contribution in [1.82, 2.24) is 0 Å². The van der Waals surface area contributed by atoms with Gasteiger partial charge in [0.15, 0.2) is 0 Å². The van der Waals surface area contributed by atoms with Crippen molar-refractivity contribution in [2.24, 2.45) is 5.92 Å². The van der Waals surface area contributed by atoms with Gasteiger partial charge in [0.1, 0.15) is 0 Å². The fraction of sp³-hybridized carbons (Fsp3) is 0.750. The normalized spacial score (nSPS) is 26.6. The third-order valence-corrected chi connectivity index (χ3v) is 1.78. The number of hydrogen-bond acceptors (Lipinski definition) is 1. The van der Waals surface area contributed by atoms with Crippen LogP contribution in [-0.4, -0.2) is 13.7 Å². The van der Waals surface area contributed by atoms with E-state index in [0.717, 1.165) is 12.5 Å². The van der Waals surface area contributed by atoms with Crippen LogP contribution in [0.1, 0.15) is 19.3 Å². The zero-order valence-corrected chi connectivity index (χ0v) is 5.97. The first-order valence-corrected chi connectivity index (χ1v) is 3.57. The highest BCUT2D eigenvalue weighted by molar-refractivity contribution is 4.89. The van der Waals surface area contributed by atoms with Crippen molar-refractivity contribution in [3.05, 3.63) is 12.2 Å². The Kier molecular flexibility index (Phi) is 2.78. The maximum absolute atomic E-state index is 5.05. The van der Waals surface area contributed by atoms with E-state index < -0.39 is 0 Å². The molecule has 9 heavy (non-hydrogen) atoms. The van der Waals surface area contributed by atoms with E-state index in [9.17, 15) is 0 Å². The molecule has 1 aliphatic rings. The first-order chi connectivity index (χ1) is 4.43. The Morgan fingerprint density at radius 3 is 3.00 bits per heavy atom. The Morgan fingerprint density at radius 1 is 1.56 bits per heavy atom. The van der Waals surface area contributed by atoms with Crippen molar-refractivity contribution < 1.29 is 4.74 Å². The van der Waals surface area contributed by atoms with Gasteiger partial charge in [-0.15, -0.1) is 0 Å². The second kappa shape index (κ2) is 3.67. The summed E-state index contributed by atoms with van der Waals surface area (Å²) >= 11 is 0. The van der Waals surface area contributed by atoms with Crippen LogP contribution in [-0.2, 0) is 4.74 Å². The van der Waals surface area contributed by atoms with Crippen LogP contribution in [0.5, 0.6) is 0 Å². The number of hydrogen-bond donors (Lipinski definition) is 0. The van der Waals surface area contributed by atoms with Gasteiger partial charge in [0, 0.05) is 13.7 Å². The van der Waals surface area contributed by atoms with Crippen LogP contribution in [0.15, 0.2) is 12.2 Å². The van der Waals surface area contributed by atoms with Crippen LogP contribution in [0.3, 0.4) is 0 Å². The molecule has 0 N–H and O–H groups in total. The first-order valence-electron chi connectivity index (χ1n) is 3.57. The van der Waals surface area contributed by atoms with E-state index in [1.807, 2.05) is 0 Å². The van der Waals surface area contributed by atoms with Gasteiger partial charge in [-0.25, -0.2) is 0 Å². The van der Waals surface area contributed by atoms with Gasteiger partial charge in [-0.3, -0.25) is 0 Å². The molecule has 0 aromatic carbocycles. The van der Waals surface area contributed by atoms with Crippen molar-refractivity contribution in [3.8, 4) is 0 Å². The monoisotopic (exact) mass is 126 g/mol. The van der Waals surface area contributed by atoms with E-state index in [2.05, 4.69) is 12.2 Å². The molecule has 1 atom stereocenters. The number of methoxy groups -OCH3 is 1. The molecule has 0 aromatic heterocycles. The van der Waals surface area contributed by atoms with Gasteiger partial charge in [0.2, 0.25) is 0 Å². The van der Waals surface area contributed by atoms with Crippen molar-refractivity contribution in [2.45, 2.75) is 19.3 Å². The smallest absolute Gasteiger partial charge is 0.0493 e. The Bertz CT molecular complexity index is 96.7. The van der Waals surface area contributed by atoms with Gasteiger partial charge in [0.25, 0.3) is 0 Å². The minimum atomic E-state index is 0.792. The lowest BCUT2D eigenvalue weighted by molar-refractivity contribution is 0.147. The number of allylic oxidation sites excluding steroid dienone is 2. The van der Waals surface area contributed by atoms with Crippen molar-refractivity contribution in [3.63, 3.8) is 0 Å². The summed E-state index contributed by atoms with van der Waals surface area (Å²) < 4.78 is 5.05. The Hall–Kier alpha value is -0.300. The third-order valence-electron chi connectivity index (χ3n) is 1.78. The van der Waals surface area contributed by atoms with Gasteiger partial charge in [-0.2, -0.15) is 0 Å². The van der Waals surface area contributed by atoms with Crippen LogP contribution < -0.4 is 0 Å². The second-order valence-corrected chi connectivity index (χ2v) is 2.61. The Balaban J connectivity index is 2.18. The van der Waals surface area contributed by atoms with Gasteiger partial charge in [-0.05, 0) is 25.2 Å². The molecule has 0 bridgehead atoms. The van der Waals surface area contributed by atoms with Crippen LogP contribution in [0.2, 0.25) is 0 Å².